The molecule has 0 atom stereocenters. The van der Waals surface area contributed by atoms with Gasteiger partial charge in [-0.15, -0.1) is 11.3 Å². The molecule has 66 valence electrons. The molecule has 0 spiro atoms. The predicted octanol–water partition coefficient (Wildman–Crippen LogP) is 1.85. The van der Waals surface area contributed by atoms with Gasteiger partial charge in [-0.25, -0.2) is 4.79 Å². The number of carbonyl (C=O) groups excluding carboxylic acids is 1. The summed E-state index contributed by atoms with van der Waals surface area (Å²) >= 11 is 1.40. The highest BCUT2D eigenvalue weighted by Crippen LogP contribution is 2.29. The van der Waals surface area contributed by atoms with Crippen LogP contribution in [0.5, 0.6) is 5.06 Å². The monoisotopic (exact) mass is 186 g/mol. The number of ether oxygens (including phenoxy) is 2. The van der Waals surface area contributed by atoms with Crippen LogP contribution in [0.25, 0.3) is 0 Å². The van der Waals surface area contributed by atoms with Gasteiger partial charge in [0.25, 0.3) is 0 Å². The molecule has 1 aromatic rings. The summed E-state index contributed by atoms with van der Waals surface area (Å²) in [5.74, 6) is -0.313. The first kappa shape index (κ1) is 9.06. The molecule has 0 aliphatic rings. The number of methoxy groups -OCH3 is 2. The first-order valence-corrected chi connectivity index (χ1v) is 4.29. The maximum Gasteiger partial charge on any atom is 0.339 e. The summed E-state index contributed by atoms with van der Waals surface area (Å²) in [7, 11) is 2.95. The Kier molecular flexibility index (Phi) is 2.70. The Morgan fingerprint density at radius 3 is 2.58 bits per heavy atom. The largest absolute Gasteiger partial charge is 0.487 e. The van der Waals surface area contributed by atoms with E-state index in [0.29, 0.717) is 5.56 Å². The molecule has 0 amide bonds. The summed E-state index contributed by atoms with van der Waals surface area (Å²) in [4.78, 5) is 11.1. The minimum absolute atomic E-state index is 0.313. The molecule has 0 radical (unpaired) electrons. The van der Waals surface area contributed by atoms with Gasteiger partial charge < -0.3 is 9.47 Å². The Balaban J connectivity index is 3.02. The molecule has 0 N–H and O–H groups in total. The van der Waals surface area contributed by atoms with Crippen LogP contribution in [0.15, 0.2) is 5.38 Å². The molecular weight excluding hydrogens is 176 g/mol. The van der Waals surface area contributed by atoms with Gasteiger partial charge in [-0.05, 0) is 6.92 Å². The van der Waals surface area contributed by atoms with Gasteiger partial charge in [0.15, 0.2) is 5.06 Å². The lowest BCUT2D eigenvalue weighted by Gasteiger charge is -1.98. The molecule has 1 rings (SSSR count). The summed E-state index contributed by atoms with van der Waals surface area (Å²) < 4.78 is 9.62. The smallest absolute Gasteiger partial charge is 0.339 e. The second-order valence-corrected chi connectivity index (χ2v) is 3.10. The third-order valence-corrected chi connectivity index (χ3v) is 2.63. The Hall–Kier alpha value is -1.03. The number of hydrogen-bond acceptors (Lipinski definition) is 4. The van der Waals surface area contributed by atoms with Gasteiger partial charge in [0.05, 0.1) is 19.8 Å². The number of rotatable bonds is 2. The summed E-state index contributed by atoms with van der Waals surface area (Å²) in [5.41, 5.74) is 1.42. The molecule has 0 fully saturated rings. The third kappa shape index (κ3) is 1.43. The number of esters is 1. The fraction of sp³-hybridized carbons (Fsp3) is 0.375. The predicted molar refractivity (Wildman–Crippen MR) is 46.9 cm³/mol. The Morgan fingerprint density at radius 1 is 1.50 bits per heavy atom. The van der Waals surface area contributed by atoms with Gasteiger partial charge in [-0.1, -0.05) is 0 Å². The van der Waals surface area contributed by atoms with Crippen LogP contribution in [0.2, 0.25) is 0 Å². The lowest BCUT2D eigenvalue weighted by molar-refractivity contribution is 0.0600. The summed E-state index contributed by atoms with van der Waals surface area (Å²) in [6, 6.07) is 0. The van der Waals surface area contributed by atoms with Crippen LogP contribution in [0.4, 0.5) is 0 Å². The second-order valence-electron chi connectivity index (χ2n) is 2.26. The maximum atomic E-state index is 11.1. The van der Waals surface area contributed by atoms with E-state index in [-0.39, 0.29) is 5.97 Å². The van der Waals surface area contributed by atoms with Crippen molar-refractivity contribution in [3.05, 3.63) is 16.5 Å². The minimum Gasteiger partial charge on any atom is -0.487 e. The molecule has 0 bridgehead atoms. The molecular formula is C8H10O3S. The average Bonchev–Trinajstić information content (AvgIpc) is 2.45. The summed E-state index contributed by atoms with van der Waals surface area (Å²) in [6.45, 7) is 1.83. The first-order valence-electron chi connectivity index (χ1n) is 3.41. The average molecular weight is 186 g/mol. The zero-order chi connectivity index (χ0) is 9.14. The van der Waals surface area contributed by atoms with Gasteiger partial charge in [-0.2, -0.15) is 0 Å². The van der Waals surface area contributed by atoms with Crippen molar-refractivity contribution in [3.8, 4) is 5.06 Å². The van der Waals surface area contributed by atoms with Crippen LogP contribution in [0.1, 0.15) is 15.9 Å². The molecule has 0 aliphatic carbocycles. The molecule has 3 nitrogen and oxygen atoms in total. The van der Waals surface area contributed by atoms with Gasteiger partial charge in [0.2, 0.25) is 0 Å². The molecule has 0 unspecified atom stereocenters. The van der Waals surface area contributed by atoms with E-state index >= 15 is 0 Å². The van der Waals surface area contributed by atoms with Crippen LogP contribution < -0.4 is 4.74 Å². The van der Waals surface area contributed by atoms with Crippen molar-refractivity contribution in [1.29, 1.82) is 0 Å². The first-order chi connectivity index (χ1) is 5.70. The Morgan fingerprint density at radius 2 is 2.17 bits per heavy atom. The van der Waals surface area contributed by atoms with Crippen LogP contribution in [-0.4, -0.2) is 20.2 Å². The highest BCUT2D eigenvalue weighted by Gasteiger charge is 2.14. The number of thiophene rings is 1. The molecule has 0 saturated carbocycles. The van der Waals surface area contributed by atoms with Crippen molar-refractivity contribution < 1.29 is 14.3 Å². The van der Waals surface area contributed by atoms with Crippen LogP contribution in [-0.2, 0) is 4.74 Å². The van der Waals surface area contributed by atoms with E-state index < -0.39 is 0 Å². The van der Waals surface area contributed by atoms with Gasteiger partial charge >= 0.3 is 5.97 Å². The Bertz CT molecular complexity index is 290. The minimum atomic E-state index is -0.313. The van der Waals surface area contributed by atoms with Crippen molar-refractivity contribution in [2.45, 2.75) is 6.92 Å². The van der Waals surface area contributed by atoms with Gasteiger partial charge in [0, 0.05) is 10.9 Å². The van der Waals surface area contributed by atoms with Crippen molar-refractivity contribution in [2.24, 2.45) is 0 Å². The zero-order valence-electron chi connectivity index (χ0n) is 7.21. The van der Waals surface area contributed by atoms with E-state index in [4.69, 9.17) is 4.74 Å². The van der Waals surface area contributed by atoms with Crippen molar-refractivity contribution in [2.75, 3.05) is 14.2 Å². The standard InChI is InChI=1S/C8H10O3S/c1-5-6(7(9)10-2)4-12-8(5)11-3/h4H,1-3H3. The maximum absolute atomic E-state index is 11.1. The lowest BCUT2D eigenvalue weighted by Crippen LogP contribution is -2.01. The van der Waals surface area contributed by atoms with Crippen molar-refractivity contribution in [1.82, 2.24) is 0 Å². The SMILES string of the molecule is COC(=O)c1csc(OC)c1C. The van der Waals surface area contributed by atoms with Gasteiger partial charge in [0.1, 0.15) is 0 Å². The molecule has 12 heavy (non-hydrogen) atoms. The van der Waals surface area contributed by atoms with Crippen LogP contribution >= 0.6 is 11.3 Å². The topological polar surface area (TPSA) is 35.5 Å². The van der Waals surface area contributed by atoms with Crippen molar-refractivity contribution >= 4 is 17.3 Å². The quantitative estimate of drug-likeness (QED) is 0.661. The van der Waals surface area contributed by atoms with E-state index in [1.54, 1.807) is 12.5 Å². The normalized spacial score (nSPS) is 9.58. The zero-order valence-corrected chi connectivity index (χ0v) is 8.03. The number of carbonyl (C=O) groups is 1. The third-order valence-electron chi connectivity index (χ3n) is 1.58. The second kappa shape index (κ2) is 3.58. The molecule has 1 heterocycles. The highest BCUT2D eigenvalue weighted by molar-refractivity contribution is 7.12. The lowest BCUT2D eigenvalue weighted by atomic mass is 10.2. The van der Waals surface area contributed by atoms with E-state index in [2.05, 4.69) is 4.74 Å². The van der Waals surface area contributed by atoms with E-state index in [0.717, 1.165) is 10.6 Å². The van der Waals surface area contributed by atoms with E-state index in [1.165, 1.54) is 18.4 Å². The van der Waals surface area contributed by atoms with E-state index in [9.17, 15) is 4.79 Å². The highest BCUT2D eigenvalue weighted by atomic mass is 32.1. The van der Waals surface area contributed by atoms with Crippen LogP contribution in [0, 0.1) is 6.92 Å². The van der Waals surface area contributed by atoms with E-state index in [1.807, 2.05) is 6.92 Å². The fourth-order valence-corrected chi connectivity index (χ4v) is 1.79. The summed E-state index contributed by atoms with van der Waals surface area (Å²) in [5, 5.41) is 2.50. The molecule has 0 aliphatic heterocycles. The molecule has 4 heteroatoms. The molecule has 0 aromatic carbocycles. The number of hydrogen-bond donors (Lipinski definition) is 0. The molecule has 0 saturated heterocycles. The Labute approximate surface area is 74.9 Å². The van der Waals surface area contributed by atoms with Gasteiger partial charge in [-0.3, -0.25) is 0 Å². The van der Waals surface area contributed by atoms with Crippen LogP contribution in [0.3, 0.4) is 0 Å². The fourth-order valence-electron chi connectivity index (χ4n) is 0.912. The molecule has 1 aromatic heterocycles. The summed E-state index contributed by atoms with van der Waals surface area (Å²) in [6.07, 6.45) is 0. The van der Waals surface area contributed by atoms with Crippen molar-refractivity contribution in [3.63, 3.8) is 0 Å².